The Bertz CT molecular complexity index is 4060. The van der Waals surface area contributed by atoms with Crippen LogP contribution >= 0.6 is 0 Å². The lowest BCUT2D eigenvalue weighted by Crippen LogP contribution is -2.11. The normalized spacial score (nSPS) is 11.8. The molecule has 0 spiro atoms. The fourth-order valence-corrected chi connectivity index (χ4v) is 9.62. The summed E-state index contributed by atoms with van der Waals surface area (Å²) >= 11 is 0. The van der Waals surface area contributed by atoms with Crippen LogP contribution in [0.4, 0.5) is 26.3 Å². The van der Waals surface area contributed by atoms with Gasteiger partial charge in [0.05, 0.1) is 79.5 Å². The highest BCUT2D eigenvalue weighted by atomic mass is 19.4. The molecule has 11 aromatic rings. The lowest BCUT2D eigenvalue weighted by Gasteiger charge is -2.21. The molecule has 0 aliphatic carbocycles. The number of alkyl halides is 6. The largest absolute Gasteiger partial charge is 0.416 e. The fourth-order valence-electron chi connectivity index (χ4n) is 9.62. The van der Waals surface area contributed by atoms with Crippen molar-refractivity contribution in [2.75, 3.05) is 0 Å². The van der Waals surface area contributed by atoms with Crippen molar-refractivity contribution in [2.45, 2.75) is 12.4 Å². The van der Waals surface area contributed by atoms with Gasteiger partial charge in [0.2, 0.25) is 0 Å². The highest BCUT2D eigenvalue weighted by Gasteiger charge is 2.37. The number of halogens is 6. The molecule has 0 N–H and O–H groups in total. The molecule has 2 aromatic heterocycles. The molecule has 0 atom stereocenters. The van der Waals surface area contributed by atoms with E-state index in [2.05, 4.69) is 24.3 Å². The lowest BCUT2D eigenvalue weighted by atomic mass is 9.93. The molecule has 2 heterocycles. The molecule has 0 saturated heterocycles. The van der Waals surface area contributed by atoms with Crippen LogP contribution in [0, 0.1) is 34.0 Å². The minimum absolute atomic E-state index is 0.0792. The first-order valence-electron chi connectivity index (χ1n) is 21.9. The Morgan fingerprint density at radius 3 is 1.20 bits per heavy atom. The van der Waals surface area contributed by atoms with E-state index in [-0.39, 0.29) is 22.8 Å². The van der Waals surface area contributed by atoms with Crippen LogP contribution in [0.25, 0.3) is 99.5 Å². The standard InChI is InChI=1S/C59H31F6N5/c60-58(61,62)44-26-43(27-45(31-44)59(63,64)65)42-18-22-57(70-53-14-4-2-12-47(53)50-29-41(17-21-56(50)70)39-10-6-8-36(24-39)33-67)51(30-42)48-25-37(34-68)15-19-54(48)69-52-13-3-1-11-46(52)49-28-40(16-20-55(49)69)38-9-5-7-35(23-38)32-66/h1-31H. The second-order valence-electron chi connectivity index (χ2n) is 16.9. The summed E-state index contributed by atoms with van der Waals surface area (Å²) in [5, 5.41) is 33.3. The maximum Gasteiger partial charge on any atom is 0.416 e. The quantitative estimate of drug-likeness (QED) is 0.156. The highest BCUT2D eigenvalue weighted by Crippen LogP contribution is 2.45. The zero-order valence-corrected chi connectivity index (χ0v) is 36.4. The van der Waals surface area contributed by atoms with Gasteiger partial charge in [0.1, 0.15) is 0 Å². The van der Waals surface area contributed by atoms with Crippen LogP contribution in [0.2, 0.25) is 0 Å². The van der Waals surface area contributed by atoms with Gasteiger partial charge in [0.25, 0.3) is 0 Å². The van der Waals surface area contributed by atoms with Gasteiger partial charge in [-0.25, -0.2) is 0 Å². The summed E-state index contributed by atoms with van der Waals surface area (Å²) in [6.07, 6.45) is -10.2. The number of nitrogens with zero attached hydrogens (tertiary/aromatic N) is 5. The molecule has 11 heteroatoms. The highest BCUT2D eigenvalue weighted by molar-refractivity contribution is 6.13. The van der Waals surface area contributed by atoms with Gasteiger partial charge in [-0.3, -0.25) is 0 Å². The smallest absolute Gasteiger partial charge is 0.309 e. The molecule has 0 aliphatic rings. The van der Waals surface area contributed by atoms with Crippen molar-refractivity contribution in [1.29, 1.82) is 15.8 Å². The second kappa shape index (κ2) is 16.4. The van der Waals surface area contributed by atoms with E-state index in [0.29, 0.717) is 33.6 Å². The molecular weight excluding hydrogens is 893 g/mol. The first-order chi connectivity index (χ1) is 33.8. The average molecular weight is 924 g/mol. The molecule has 0 bridgehead atoms. The average Bonchev–Trinajstić information content (AvgIpc) is 3.89. The molecule has 9 aromatic carbocycles. The third-order valence-electron chi connectivity index (χ3n) is 12.8. The zero-order valence-electron chi connectivity index (χ0n) is 36.4. The zero-order chi connectivity index (χ0) is 48.5. The van der Waals surface area contributed by atoms with Crippen molar-refractivity contribution >= 4 is 43.6 Å². The number of nitriles is 3. The molecule has 0 unspecified atom stereocenters. The number of fused-ring (bicyclic) bond motifs is 6. The summed E-state index contributed by atoms with van der Waals surface area (Å²) in [7, 11) is 0. The molecule has 0 saturated carbocycles. The number of aromatic nitrogens is 2. The first-order valence-corrected chi connectivity index (χ1v) is 21.9. The summed E-state index contributed by atoms with van der Waals surface area (Å²) in [6, 6.07) is 60.2. The van der Waals surface area contributed by atoms with Gasteiger partial charge in [-0.2, -0.15) is 42.1 Å². The van der Waals surface area contributed by atoms with Crippen molar-refractivity contribution < 1.29 is 26.3 Å². The van der Waals surface area contributed by atoms with E-state index in [9.17, 15) is 42.1 Å². The Kier molecular flexibility index (Phi) is 10.2. The SMILES string of the molecule is N#Cc1cccc(-c2ccc3c(c2)c2ccccc2n3-c2ccc(C#N)cc2-c2cc(-c3cc(C(F)(F)F)cc(C(F)(F)F)c3)ccc2-n2c3ccccc3c3cc(-c4cccc(C#N)c4)ccc32)c1. The third kappa shape index (κ3) is 7.36. The molecular formula is C59H31F6N5. The minimum Gasteiger partial charge on any atom is -0.309 e. The van der Waals surface area contributed by atoms with E-state index in [1.807, 2.05) is 118 Å². The van der Waals surface area contributed by atoms with Crippen molar-refractivity contribution in [2.24, 2.45) is 0 Å². The van der Waals surface area contributed by atoms with E-state index in [1.54, 1.807) is 48.5 Å². The molecule has 70 heavy (non-hydrogen) atoms. The van der Waals surface area contributed by atoms with Gasteiger partial charge in [0, 0.05) is 32.7 Å². The predicted molar refractivity (Wildman–Crippen MR) is 261 cm³/mol. The number of hydrogen-bond donors (Lipinski definition) is 0. The number of rotatable bonds is 6. The van der Waals surface area contributed by atoms with E-state index in [1.165, 1.54) is 6.07 Å². The monoisotopic (exact) mass is 923 g/mol. The Hall–Kier alpha value is -9.37. The molecule has 0 aliphatic heterocycles. The first kappa shape index (κ1) is 43.2. The van der Waals surface area contributed by atoms with Gasteiger partial charge in [-0.1, -0.05) is 78.9 Å². The van der Waals surface area contributed by atoms with Gasteiger partial charge in [-0.05, 0) is 143 Å². The summed E-state index contributed by atoms with van der Waals surface area (Å²) < 4.78 is 90.4. The van der Waals surface area contributed by atoms with Crippen LogP contribution in [0.5, 0.6) is 0 Å². The van der Waals surface area contributed by atoms with E-state index < -0.39 is 23.5 Å². The molecule has 5 nitrogen and oxygen atoms in total. The van der Waals surface area contributed by atoms with Crippen LogP contribution in [0.15, 0.2) is 188 Å². The number of hydrogen-bond acceptors (Lipinski definition) is 3. The van der Waals surface area contributed by atoms with E-state index >= 15 is 0 Å². The third-order valence-corrected chi connectivity index (χ3v) is 12.8. The summed E-state index contributed by atoms with van der Waals surface area (Å²) in [4.78, 5) is 0. The van der Waals surface area contributed by atoms with E-state index in [4.69, 9.17) is 0 Å². The van der Waals surface area contributed by atoms with Gasteiger partial charge in [-0.15, -0.1) is 0 Å². The van der Waals surface area contributed by atoms with Crippen LogP contribution in [0.3, 0.4) is 0 Å². The molecule has 11 rings (SSSR count). The fraction of sp³-hybridized carbons (Fsp3) is 0.0339. The van der Waals surface area contributed by atoms with Crippen LogP contribution in [0.1, 0.15) is 27.8 Å². The molecule has 0 amide bonds. The van der Waals surface area contributed by atoms with Crippen molar-refractivity contribution in [1.82, 2.24) is 9.13 Å². The molecule has 0 radical (unpaired) electrons. The van der Waals surface area contributed by atoms with Crippen molar-refractivity contribution in [3.05, 3.63) is 216 Å². The summed E-state index contributed by atoms with van der Waals surface area (Å²) in [5.41, 5.74) is 6.64. The Labute approximate surface area is 395 Å². The minimum atomic E-state index is -5.08. The van der Waals surface area contributed by atoms with Crippen LogP contribution in [-0.4, -0.2) is 9.13 Å². The van der Waals surface area contributed by atoms with Gasteiger partial charge in [0.15, 0.2) is 0 Å². The van der Waals surface area contributed by atoms with Crippen LogP contribution in [-0.2, 0) is 12.4 Å². The predicted octanol–water partition coefficient (Wildman–Crippen LogP) is 16.2. The number of para-hydroxylation sites is 2. The second-order valence-corrected chi connectivity index (χ2v) is 16.9. The number of benzene rings is 9. The molecule has 334 valence electrons. The maximum absolute atomic E-state index is 14.4. The van der Waals surface area contributed by atoms with Gasteiger partial charge < -0.3 is 9.13 Å². The maximum atomic E-state index is 14.4. The molecule has 0 fully saturated rings. The Balaban J connectivity index is 1.22. The summed E-state index contributed by atoms with van der Waals surface area (Å²) in [5.74, 6) is 0. The summed E-state index contributed by atoms with van der Waals surface area (Å²) in [6.45, 7) is 0. The van der Waals surface area contributed by atoms with Gasteiger partial charge >= 0.3 is 12.4 Å². The topological polar surface area (TPSA) is 81.2 Å². The van der Waals surface area contributed by atoms with Crippen LogP contribution < -0.4 is 0 Å². The van der Waals surface area contributed by atoms with E-state index in [0.717, 1.165) is 78.0 Å². The lowest BCUT2D eigenvalue weighted by molar-refractivity contribution is -0.143. The Morgan fingerprint density at radius 2 is 0.714 bits per heavy atom. The van der Waals surface area contributed by atoms with Crippen molar-refractivity contribution in [3.8, 4) is 74.1 Å². The Morgan fingerprint density at radius 1 is 0.314 bits per heavy atom. The van der Waals surface area contributed by atoms with Crippen molar-refractivity contribution in [3.63, 3.8) is 0 Å².